The Morgan fingerprint density at radius 1 is 0.429 bits per heavy atom. The lowest BCUT2D eigenvalue weighted by Gasteiger charge is -2.05. The van der Waals surface area contributed by atoms with Gasteiger partial charge in [-0.1, -0.05) is 53.1 Å². The van der Waals surface area contributed by atoms with E-state index in [-0.39, 0.29) is 14.7 Å². The third kappa shape index (κ3) is 22.5. The standard InChI is InChI=1S/3C7H8O3S.3CH3N2/c3*1-6-2-4-7(5-3-6)11(8,9)10;3*1-3-2/h3*2-5H,1H3,(H,8,9,10);3*1H3/q;;;3*+1/p-3. The van der Waals surface area contributed by atoms with Crippen molar-refractivity contribution < 1.29 is 38.9 Å². The van der Waals surface area contributed by atoms with Crippen molar-refractivity contribution in [2.75, 3.05) is 21.1 Å². The van der Waals surface area contributed by atoms with E-state index in [1.165, 1.54) is 57.5 Å². The predicted molar refractivity (Wildman–Crippen MR) is 150 cm³/mol. The molecule has 3 aromatic rings. The summed E-state index contributed by atoms with van der Waals surface area (Å²) in [7, 11) is -8.89. The third-order valence-electron chi connectivity index (χ3n) is 3.93. The maximum absolute atomic E-state index is 10.4. The van der Waals surface area contributed by atoms with Gasteiger partial charge in [0.2, 0.25) is 16.2 Å². The molecule has 0 spiro atoms. The molecule has 0 aliphatic carbocycles. The highest BCUT2D eigenvalue weighted by molar-refractivity contribution is 7.86. The first-order chi connectivity index (χ1) is 19.2. The van der Waals surface area contributed by atoms with Crippen LogP contribution in [0.3, 0.4) is 0 Å². The van der Waals surface area contributed by atoms with Crippen LogP contribution in [-0.4, -0.2) is 60.1 Å². The minimum Gasteiger partial charge on any atom is -0.744 e. The number of rotatable bonds is 3. The minimum atomic E-state index is -4.27. The van der Waals surface area contributed by atoms with Gasteiger partial charge in [0.25, 0.3) is 21.1 Å². The molecule has 0 radical (unpaired) electrons. The molecule has 0 bridgehead atoms. The molecular weight excluding hydrogens is 612 g/mol. The van der Waals surface area contributed by atoms with Gasteiger partial charge in [-0.3, -0.25) is 0 Å². The Morgan fingerprint density at radius 3 is 0.643 bits per heavy atom. The van der Waals surface area contributed by atoms with Gasteiger partial charge < -0.3 is 13.7 Å². The van der Waals surface area contributed by atoms with Crippen LogP contribution >= 0.6 is 0 Å². The average molecular weight is 643 g/mol. The van der Waals surface area contributed by atoms with E-state index in [9.17, 15) is 38.9 Å². The third-order valence-corrected chi connectivity index (χ3v) is 6.48. The van der Waals surface area contributed by atoms with Crippen LogP contribution in [0, 0.1) is 36.9 Å². The van der Waals surface area contributed by atoms with Crippen LogP contribution in [0.25, 0.3) is 14.9 Å². The van der Waals surface area contributed by atoms with Gasteiger partial charge in [0.05, 0.1) is 14.7 Å². The fourth-order valence-electron chi connectivity index (χ4n) is 2.11. The lowest BCUT2D eigenvalue weighted by atomic mass is 10.2. The second-order valence-electron chi connectivity index (χ2n) is 7.40. The van der Waals surface area contributed by atoms with E-state index in [1.807, 2.05) is 20.8 Å². The highest BCUT2D eigenvalue weighted by Crippen LogP contribution is 2.10. The molecule has 3 rings (SSSR count). The number of hydrogen-bond acceptors (Lipinski definition) is 12. The lowest BCUT2D eigenvalue weighted by Crippen LogP contribution is -1.97. The Kier molecular flexibility index (Phi) is 21.5. The highest BCUT2D eigenvalue weighted by Gasteiger charge is 1.99. The summed E-state index contributed by atoms with van der Waals surface area (Å²) in [5, 5.41) is 21.6. The van der Waals surface area contributed by atoms with Crippen molar-refractivity contribution in [3.05, 3.63) is 104 Å². The van der Waals surface area contributed by atoms with Crippen molar-refractivity contribution >= 4 is 30.4 Å². The summed E-state index contributed by atoms with van der Waals surface area (Å²) in [5.74, 6) is 0. The van der Waals surface area contributed by atoms with Crippen LogP contribution in [0.5, 0.6) is 0 Å². The monoisotopic (exact) mass is 642 g/mol. The van der Waals surface area contributed by atoms with Gasteiger partial charge in [0.15, 0.2) is 0 Å². The van der Waals surface area contributed by atoms with E-state index in [0.29, 0.717) is 0 Å². The molecule has 18 heteroatoms. The predicted octanol–water partition coefficient (Wildman–Crippen LogP) is 4.11. The molecule has 0 N–H and O–H groups in total. The number of hydrogen-bond donors (Lipinski definition) is 0. The van der Waals surface area contributed by atoms with Crippen molar-refractivity contribution in [3.63, 3.8) is 0 Å². The van der Waals surface area contributed by atoms with Crippen molar-refractivity contribution in [2.24, 2.45) is 0 Å². The summed E-state index contributed by atoms with van der Waals surface area (Å²) in [6.45, 7) is 5.46. The van der Waals surface area contributed by atoms with E-state index >= 15 is 0 Å². The second-order valence-corrected chi connectivity index (χ2v) is 11.5. The molecule has 42 heavy (non-hydrogen) atoms. The quantitative estimate of drug-likeness (QED) is 0.289. The summed E-state index contributed by atoms with van der Waals surface area (Å²) in [4.78, 5) is 6.97. The number of benzene rings is 3. The molecule has 228 valence electrons. The van der Waals surface area contributed by atoms with Crippen LogP contribution in [-0.2, 0) is 30.4 Å². The summed E-state index contributed by atoms with van der Waals surface area (Å²) in [6.07, 6.45) is 0. The molecule has 0 aromatic heterocycles. The normalized spacial score (nSPS) is 9.57. The number of diazo groups is 3. The van der Waals surface area contributed by atoms with E-state index in [0.717, 1.165) is 16.7 Å². The van der Waals surface area contributed by atoms with Gasteiger partial charge in [-0.15, -0.1) is 0 Å². The zero-order chi connectivity index (χ0) is 33.6. The lowest BCUT2D eigenvalue weighted by molar-refractivity contribution is 0.461. The first-order valence-corrected chi connectivity index (χ1v) is 15.2. The topological polar surface area (TPSA) is 256 Å². The van der Waals surface area contributed by atoms with Crippen molar-refractivity contribution in [2.45, 2.75) is 35.5 Å². The Balaban J connectivity index is -0.000000475. The van der Waals surface area contributed by atoms with E-state index < -0.39 is 30.4 Å². The molecule has 0 aliphatic rings. The largest absolute Gasteiger partial charge is 0.744 e. The number of nitrogens with zero attached hydrogens (tertiary/aromatic N) is 6. The summed E-state index contributed by atoms with van der Waals surface area (Å²) >= 11 is 0. The highest BCUT2D eigenvalue weighted by atomic mass is 32.2. The first-order valence-electron chi connectivity index (χ1n) is 11.0. The summed E-state index contributed by atoms with van der Waals surface area (Å²) in [5.41, 5.74) is 2.78. The van der Waals surface area contributed by atoms with E-state index in [2.05, 4.69) is 14.9 Å². The molecule has 3 aromatic carbocycles. The maximum atomic E-state index is 10.4. The molecule has 0 heterocycles. The number of aryl methyl sites for hydroxylation is 3. The van der Waals surface area contributed by atoms with Crippen LogP contribution in [0.1, 0.15) is 16.7 Å². The van der Waals surface area contributed by atoms with Crippen molar-refractivity contribution in [1.82, 2.24) is 0 Å². The van der Waals surface area contributed by atoms with Gasteiger partial charge >= 0.3 is 0 Å². The van der Waals surface area contributed by atoms with Crippen LogP contribution in [0.4, 0.5) is 0 Å². The second kappa shape index (κ2) is 21.4. The van der Waals surface area contributed by atoms with E-state index in [4.69, 9.17) is 16.2 Å². The molecule has 0 atom stereocenters. The summed E-state index contributed by atoms with van der Waals surface area (Å²) < 4.78 is 93.5. The summed E-state index contributed by atoms with van der Waals surface area (Å²) in [6, 6.07) is 17.3. The van der Waals surface area contributed by atoms with Crippen LogP contribution in [0.15, 0.2) is 87.5 Å². The molecule has 0 aliphatic heterocycles. The Morgan fingerprint density at radius 2 is 0.548 bits per heavy atom. The molecule has 0 saturated heterocycles. The molecule has 15 nitrogen and oxygen atoms in total. The SMILES string of the molecule is C[N+]#N.C[N+]#N.C[N+]#N.Cc1ccc(S(=O)(=O)[O-])cc1.Cc1ccc(S(=O)(=O)[O-])cc1.Cc1ccc(S(=O)(=O)[O-])cc1. The fourth-order valence-corrected chi connectivity index (χ4v) is 3.52. The Bertz CT molecular complexity index is 1450. The first kappa shape index (κ1) is 42.1. The molecule has 0 amide bonds. The van der Waals surface area contributed by atoms with Gasteiger partial charge in [0, 0.05) is 0 Å². The average Bonchev–Trinajstić information content (AvgIpc) is 2.85. The smallest absolute Gasteiger partial charge is 0.296 e. The van der Waals surface area contributed by atoms with Crippen LogP contribution in [0.2, 0.25) is 0 Å². The minimum absolute atomic E-state index is 0.178. The van der Waals surface area contributed by atoms with Crippen molar-refractivity contribution in [3.8, 4) is 0 Å². The van der Waals surface area contributed by atoms with E-state index in [1.54, 1.807) is 36.4 Å². The van der Waals surface area contributed by atoms with Gasteiger partial charge in [-0.2, -0.15) is 0 Å². The van der Waals surface area contributed by atoms with Crippen molar-refractivity contribution in [1.29, 1.82) is 16.2 Å². The molecule has 0 unspecified atom stereocenters. The molecule has 0 saturated carbocycles. The van der Waals surface area contributed by atoms with Crippen LogP contribution < -0.4 is 0 Å². The fraction of sp³-hybridized carbons (Fsp3) is 0.250. The zero-order valence-electron chi connectivity index (χ0n) is 23.5. The molecular formula is C24H30N6O9S3. The van der Waals surface area contributed by atoms with Gasteiger partial charge in [-0.25, -0.2) is 25.3 Å². The molecule has 0 fully saturated rings. The Hall–Kier alpha value is -4.35. The Labute approximate surface area is 246 Å². The van der Waals surface area contributed by atoms with Gasteiger partial charge in [0.1, 0.15) is 45.3 Å². The zero-order valence-corrected chi connectivity index (χ0v) is 26.0. The van der Waals surface area contributed by atoms with Gasteiger partial charge in [-0.05, 0) is 57.2 Å². The maximum Gasteiger partial charge on any atom is 0.296 e.